The first-order valence-electron chi connectivity index (χ1n) is 1.05. The van der Waals surface area contributed by atoms with E-state index < -0.39 is 0 Å². The molecule has 5 heavy (non-hydrogen) atoms. The Bertz CT molecular complexity index is 28.1. The van der Waals surface area contributed by atoms with Crippen molar-refractivity contribution in [1.82, 2.24) is 11.0 Å². The summed E-state index contributed by atoms with van der Waals surface area (Å²) in [6, 6.07) is 0. The van der Waals surface area contributed by atoms with Gasteiger partial charge in [-0.05, 0) is 0 Å². The molecule has 0 aliphatic rings. The molecule has 0 aliphatic carbocycles. The average molecular weight is 75.1 g/mol. The number of hydrogen-bond donors (Lipinski definition) is 4. The normalized spacial score (nSPS) is 6.60. The van der Waals surface area contributed by atoms with Crippen LogP contribution in [0.5, 0.6) is 0 Å². The molecule has 0 saturated carbocycles. The van der Waals surface area contributed by atoms with Crippen LogP contribution >= 0.6 is 0 Å². The molecule has 0 bridgehead atoms. The Morgan fingerprint density at radius 3 is 2.40 bits per heavy atom. The van der Waals surface area contributed by atoms with E-state index in [0.717, 1.165) is 6.34 Å². The highest BCUT2D eigenvalue weighted by atomic mass is 16.5. The smallest absolute Gasteiger partial charge is 0.0952 e. The highest BCUT2D eigenvalue weighted by Gasteiger charge is 1.52. The van der Waals surface area contributed by atoms with Gasteiger partial charge in [0.1, 0.15) is 0 Å². The van der Waals surface area contributed by atoms with Crippen LogP contribution in [0.3, 0.4) is 0 Å². The van der Waals surface area contributed by atoms with Crippen LogP contribution in [0.1, 0.15) is 0 Å². The van der Waals surface area contributed by atoms with Gasteiger partial charge < -0.3 is 0 Å². The van der Waals surface area contributed by atoms with Crippen molar-refractivity contribution in [1.29, 1.82) is 5.41 Å². The summed E-state index contributed by atoms with van der Waals surface area (Å²) in [4.78, 5) is 0. The van der Waals surface area contributed by atoms with E-state index in [9.17, 15) is 0 Å². The van der Waals surface area contributed by atoms with E-state index in [1.165, 1.54) is 5.59 Å². The Morgan fingerprint density at radius 2 is 2.40 bits per heavy atom. The summed E-state index contributed by atoms with van der Waals surface area (Å²) in [6.45, 7) is 0. The van der Waals surface area contributed by atoms with E-state index >= 15 is 0 Å². The highest BCUT2D eigenvalue weighted by molar-refractivity contribution is 5.48. The minimum Gasteiger partial charge on any atom is -0.297 e. The van der Waals surface area contributed by atoms with Crippen LogP contribution in [0.25, 0.3) is 0 Å². The maximum absolute atomic E-state index is 7.55. The lowest BCUT2D eigenvalue weighted by atomic mass is 11.4. The van der Waals surface area contributed by atoms with Crippen molar-refractivity contribution in [3.63, 3.8) is 0 Å². The standard InChI is InChI=1S/CH5N3O/c2-1-3-4-5/h1,4-5H,(H2,2,3). The number of rotatable bonds is 2. The van der Waals surface area contributed by atoms with Crippen molar-refractivity contribution in [2.45, 2.75) is 0 Å². The Hall–Kier alpha value is -0.610. The lowest BCUT2D eigenvalue weighted by Gasteiger charge is -1.84. The van der Waals surface area contributed by atoms with Gasteiger partial charge in [-0.25, -0.2) is 0 Å². The van der Waals surface area contributed by atoms with Gasteiger partial charge in [-0.15, -0.1) is 5.59 Å². The predicted octanol–water partition coefficient (Wildman–Crippen LogP) is -0.923. The van der Waals surface area contributed by atoms with E-state index in [1.807, 2.05) is 5.43 Å². The van der Waals surface area contributed by atoms with E-state index in [2.05, 4.69) is 0 Å². The first-order valence-corrected chi connectivity index (χ1v) is 1.05. The molecule has 0 rings (SSSR count). The van der Waals surface area contributed by atoms with Gasteiger partial charge in [0, 0.05) is 0 Å². The molecular weight excluding hydrogens is 70.0 g/mol. The second kappa shape index (κ2) is 3.39. The minimum absolute atomic E-state index is 0.819. The number of hydrazine groups is 1. The van der Waals surface area contributed by atoms with Crippen molar-refractivity contribution in [2.24, 2.45) is 0 Å². The van der Waals surface area contributed by atoms with Crippen molar-refractivity contribution in [3.05, 3.63) is 0 Å². The van der Waals surface area contributed by atoms with Gasteiger partial charge in [-0.2, -0.15) is 0 Å². The molecule has 4 N–H and O–H groups in total. The minimum atomic E-state index is 0.819. The van der Waals surface area contributed by atoms with Crippen molar-refractivity contribution in [2.75, 3.05) is 0 Å². The molecule has 0 aromatic heterocycles. The molecule has 0 fully saturated rings. The van der Waals surface area contributed by atoms with Crippen LogP contribution in [0.2, 0.25) is 0 Å². The zero-order chi connectivity index (χ0) is 4.12. The summed E-state index contributed by atoms with van der Waals surface area (Å²) in [5.74, 6) is 0. The monoisotopic (exact) mass is 75.0 g/mol. The maximum atomic E-state index is 7.55. The van der Waals surface area contributed by atoms with Crippen molar-refractivity contribution >= 4 is 6.34 Å². The molecule has 30 valence electrons. The van der Waals surface area contributed by atoms with Gasteiger partial charge in [0.25, 0.3) is 0 Å². The van der Waals surface area contributed by atoms with Gasteiger partial charge in [0.2, 0.25) is 0 Å². The third-order valence-corrected chi connectivity index (χ3v) is 0.137. The van der Waals surface area contributed by atoms with Crippen LogP contribution in [0.15, 0.2) is 0 Å². The molecular formula is CH5N3O. The van der Waals surface area contributed by atoms with E-state index in [-0.39, 0.29) is 0 Å². The summed E-state index contributed by atoms with van der Waals surface area (Å²) >= 11 is 0. The summed E-state index contributed by atoms with van der Waals surface area (Å²) in [5.41, 5.74) is 3.48. The number of nitrogens with one attached hydrogen (secondary N) is 3. The lowest BCUT2D eigenvalue weighted by Crippen LogP contribution is -2.25. The third-order valence-electron chi connectivity index (χ3n) is 0.137. The Morgan fingerprint density at radius 1 is 1.80 bits per heavy atom. The van der Waals surface area contributed by atoms with Gasteiger partial charge in [0.15, 0.2) is 0 Å². The first-order chi connectivity index (χ1) is 2.41. The van der Waals surface area contributed by atoms with Crippen LogP contribution in [0.4, 0.5) is 0 Å². The van der Waals surface area contributed by atoms with E-state index in [4.69, 9.17) is 10.6 Å². The topological polar surface area (TPSA) is 68.1 Å². The Balaban J connectivity index is 2.40. The zero-order valence-corrected chi connectivity index (χ0v) is 2.52. The summed E-state index contributed by atoms with van der Waals surface area (Å²) in [7, 11) is 0. The molecule has 0 saturated heterocycles. The van der Waals surface area contributed by atoms with Gasteiger partial charge >= 0.3 is 0 Å². The fraction of sp³-hybridized carbons (Fsp3) is 0. The number of hydrogen-bond acceptors (Lipinski definition) is 3. The molecule has 0 radical (unpaired) electrons. The molecule has 4 heteroatoms. The van der Waals surface area contributed by atoms with Gasteiger partial charge in [-0.1, -0.05) is 0 Å². The third kappa shape index (κ3) is 3.39. The maximum Gasteiger partial charge on any atom is 0.0952 e. The molecule has 0 heterocycles. The summed E-state index contributed by atoms with van der Waals surface area (Å²) in [6.07, 6.45) is 0.819. The van der Waals surface area contributed by atoms with Crippen LogP contribution in [-0.4, -0.2) is 11.5 Å². The van der Waals surface area contributed by atoms with E-state index in [1.54, 1.807) is 0 Å². The SMILES string of the molecule is N=CNNO. The average Bonchev–Trinajstić information content (AvgIpc) is 1.41. The quantitative estimate of drug-likeness (QED) is 0.195. The van der Waals surface area contributed by atoms with Gasteiger partial charge in [-0.3, -0.25) is 16.0 Å². The van der Waals surface area contributed by atoms with Crippen molar-refractivity contribution in [3.8, 4) is 0 Å². The fourth-order valence-corrected chi connectivity index (χ4v) is 0.0323. The molecule has 0 aliphatic heterocycles. The predicted molar refractivity (Wildman–Crippen MR) is 16.8 cm³/mol. The van der Waals surface area contributed by atoms with Gasteiger partial charge in [0.05, 0.1) is 6.34 Å². The Kier molecular flexibility index (Phi) is 2.98. The van der Waals surface area contributed by atoms with Crippen molar-refractivity contribution < 1.29 is 5.21 Å². The first kappa shape index (κ1) is 4.39. The second-order valence-corrected chi connectivity index (χ2v) is 0.400. The molecule has 0 aromatic rings. The lowest BCUT2D eigenvalue weighted by molar-refractivity contribution is 0.146. The molecule has 0 spiro atoms. The fourth-order valence-electron chi connectivity index (χ4n) is 0.0323. The molecule has 0 unspecified atom stereocenters. The highest BCUT2D eigenvalue weighted by Crippen LogP contribution is 1.16. The summed E-state index contributed by atoms with van der Waals surface area (Å²) in [5, 5.41) is 13.7. The summed E-state index contributed by atoms with van der Waals surface area (Å²) < 4.78 is 0. The van der Waals surface area contributed by atoms with Crippen LogP contribution in [-0.2, 0) is 0 Å². The molecule has 0 aromatic carbocycles. The molecule has 4 nitrogen and oxygen atoms in total. The Labute approximate surface area is 29.2 Å². The largest absolute Gasteiger partial charge is 0.297 e. The van der Waals surface area contributed by atoms with Crippen LogP contribution in [0, 0.1) is 5.41 Å². The van der Waals surface area contributed by atoms with E-state index in [0.29, 0.717) is 0 Å². The van der Waals surface area contributed by atoms with Crippen LogP contribution < -0.4 is 11.0 Å². The second-order valence-electron chi connectivity index (χ2n) is 0.400. The molecule has 0 amide bonds. The molecule has 0 atom stereocenters. The zero-order valence-electron chi connectivity index (χ0n) is 2.52.